The summed E-state index contributed by atoms with van der Waals surface area (Å²) in [6.07, 6.45) is -0.0374. The second-order valence-corrected chi connectivity index (χ2v) is 15.2. The average Bonchev–Trinajstić information content (AvgIpc) is 3.58. The molecule has 4 amide bonds. The molecular weight excluding hydrogens is 703 g/mol. The van der Waals surface area contributed by atoms with Crippen molar-refractivity contribution < 1.29 is 33.4 Å². The molecule has 3 N–H and O–H groups in total. The van der Waals surface area contributed by atoms with Gasteiger partial charge in [0, 0.05) is 24.4 Å². The molecule has 12 nitrogen and oxygen atoms in total. The molecule has 1 saturated heterocycles. The largest absolute Gasteiger partial charge is 0.448 e. The Hall–Kier alpha value is -5.47. The number of thiazole rings is 1. The number of esters is 1. The number of hydrogen-bond donors (Lipinski definition) is 3. The Bertz CT molecular complexity index is 1960. The third kappa shape index (κ3) is 8.19. The molecule has 1 aromatic heterocycles. The van der Waals surface area contributed by atoms with Crippen LogP contribution >= 0.6 is 23.1 Å². The number of nitrogens with one attached hydrogen (secondary N) is 3. The molecule has 0 bridgehead atoms. The van der Waals surface area contributed by atoms with Crippen LogP contribution in [0.15, 0.2) is 103 Å². The van der Waals surface area contributed by atoms with Crippen LogP contribution in [0, 0.1) is 0 Å². The molecule has 4 aromatic rings. The van der Waals surface area contributed by atoms with Crippen LogP contribution in [0.2, 0.25) is 0 Å². The van der Waals surface area contributed by atoms with Crippen molar-refractivity contribution in [3.8, 4) is 0 Å². The zero-order valence-corrected chi connectivity index (χ0v) is 30.5. The second kappa shape index (κ2) is 15.4. The zero-order chi connectivity index (χ0) is 37.0. The lowest BCUT2D eigenvalue weighted by atomic mass is 9.99. The number of aromatic nitrogens is 1. The Morgan fingerprint density at radius 2 is 1.46 bits per heavy atom. The predicted molar refractivity (Wildman–Crippen MR) is 198 cm³/mol. The minimum absolute atomic E-state index is 0.0284. The number of carbonyl (C=O) groups excluding carboxylic acids is 5. The Morgan fingerprint density at radius 3 is 2.02 bits per heavy atom. The number of thioether (sulfide) groups is 1. The molecule has 0 aliphatic carbocycles. The standard InChI is InChI=1S/C38H37N5O7S2/c1-22(44)40-36-39-20-27(52-36)26-21-51-34-29(41-32(45)28(23-14-8-5-9-15-23)42-37(48)50-38(2,3)4)33(46)43(34)30(26)35(47)49-31(24-16-10-6-11-17-24)25-18-12-7-13-19-25/h5-20,28-29,31,34H,21H2,1-4H3,(H,41,45)(H,42,48)(H,39,40,44). The van der Waals surface area contributed by atoms with Crippen molar-refractivity contribution in [1.29, 1.82) is 0 Å². The van der Waals surface area contributed by atoms with Crippen LogP contribution in [0.4, 0.5) is 9.93 Å². The van der Waals surface area contributed by atoms with E-state index in [9.17, 15) is 24.0 Å². The lowest BCUT2D eigenvalue weighted by Gasteiger charge is -2.50. The first kappa shape index (κ1) is 36.3. The maximum absolute atomic E-state index is 14.4. The van der Waals surface area contributed by atoms with Crippen molar-refractivity contribution in [2.45, 2.75) is 56.9 Å². The van der Waals surface area contributed by atoms with E-state index >= 15 is 0 Å². The molecule has 268 valence electrons. The fraction of sp³-hybridized carbons (Fsp3) is 0.263. The lowest BCUT2D eigenvalue weighted by Crippen LogP contribution is -2.71. The molecule has 0 spiro atoms. The number of anilines is 1. The fourth-order valence-corrected chi connectivity index (χ4v) is 8.14. The number of hydrogen-bond acceptors (Lipinski definition) is 10. The Balaban J connectivity index is 1.31. The number of nitrogens with zero attached hydrogens (tertiary/aromatic N) is 2. The number of rotatable bonds is 10. The van der Waals surface area contributed by atoms with Gasteiger partial charge in [-0.05, 0) is 37.5 Å². The minimum Gasteiger partial charge on any atom is -0.448 e. The first-order valence-corrected chi connectivity index (χ1v) is 18.3. The maximum Gasteiger partial charge on any atom is 0.408 e. The molecule has 3 heterocycles. The Labute approximate surface area is 309 Å². The van der Waals surface area contributed by atoms with Crippen molar-refractivity contribution in [3.05, 3.63) is 124 Å². The first-order chi connectivity index (χ1) is 24.9. The number of alkyl carbamates (subject to hydrolysis) is 1. The number of fused-ring (bicyclic) bond motifs is 1. The van der Waals surface area contributed by atoms with Crippen LogP contribution in [0.3, 0.4) is 0 Å². The summed E-state index contributed by atoms with van der Waals surface area (Å²) in [6, 6.07) is 25.0. The van der Waals surface area contributed by atoms with Crippen molar-refractivity contribution in [3.63, 3.8) is 0 Å². The van der Waals surface area contributed by atoms with E-state index in [2.05, 4.69) is 20.9 Å². The number of ether oxygens (including phenoxy) is 2. The minimum atomic E-state index is -1.16. The van der Waals surface area contributed by atoms with Crippen molar-refractivity contribution in [1.82, 2.24) is 20.5 Å². The third-order valence-electron chi connectivity index (χ3n) is 8.03. The molecule has 52 heavy (non-hydrogen) atoms. The van der Waals surface area contributed by atoms with E-state index in [-0.39, 0.29) is 17.4 Å². The highest BCUT2D eigenvalue weighted by Gasteiger charge is 2.55. The van der Waals surface area contributed by atoms with Gasteiger partial charge in [0.2, 0.25) is 11.8 Å². The highest BCUT2D eigenvalue weighted by Crippen LogP contribution is 2.45. The maximum atomic E-state index is 14.4. The summed E-state index contributed by atoms with van der Waals surface area (Å²) in [5, 5.41) is 7.78. The van der Waals surface area contributed by atoms with E-state index in [0.29, 0.717) is 21.1 Å². The van der Waals surface area contributed by atoms with Crippen LogP contribution < -0.4 is 16.0 Å². The van der Waals surface area contributed by atoms with E-state index in [1.165, 1.54) is 34.9 Å². The molecule has 3 aromatic carbocycles. The summed E-state index contributed by atoms with van der Waals surface area (Å²) in [4.78, 5) is 73.0. The summed E-state index contributed by atoms with van der Waals surface area (Å²) < 4.78 is 11.7. The first-order valence-electron chi connectivity index (χ1n) is 16.5. The molecule has 3 unspecified atom stereocenters. The van der Waals surface area contributed by atoms with Crippen LogP contribution in [0.1, 0.15) is 61.4 Å². The quantitative estimate of drug-likeness (QED) is 0.135. The van der Waals surface area contributed by atoms with Gasteiger partial charge in [0.15, 0.2) is 11.2 Å². The summed E-state index contributed by atoms with van der Waals surface area (Å²) >= 11 is 2.53. The van der Waals surface area contributed by atoms with E-state index in [1.807, 2.05) is 60.7 Å². The van der Waals surface area contributed by atoms with Gasteiger partial charge in [0.05, 0.1) is 4.88 Å². The molecule has 2 aliphatic rings. The van der Waals surface area contributed by atoms with Gasteiger partial charge in [0.1, 0.15) is 28.8 Å². The molecule has 14 heteroatoms. The topological polar surface area (TPSA) is 156 Å². The van der Waals surface area contributed by atoms with E-state index in [0.717, 1.165) is 11.1 Å². The summed E-state index contributed by atoms with van der Waals surface area (Å²) in [5.74, 6) is -1.91. The average molecular weight is 740 g/mol. The van der Waals surface area contributed by atoms with Crippen molar-refractivity contribution >= 4 is 63.6 Å². The number of amides is 4. The van der Waals surface area contributed by atoms with Crippen LogP contribution in [0.5, 0.6) is 0 Å². The summed E-state index contributed by atoms with van der Waals surface area (Å²) in [6.45, 7) is 6.51. The highest BCUT2D eigenvalue weighted by molar-refractivity contribution is 8.00. The summed E-state index contributed by atoms with van der Waals surface area (Å²) in [5.41, 5.74) is 1.70. The van der Waals surface area contributed by atoms with Crippen molar-refractivity contribution in [2.75, 3.05) is 11.1 Å². The van der Waals surface area contributed by atoms with Gasteiger partial charge in [-0.1, -0.05) is 102 Å². The van der Waals surface area contributed by atoms with Gasteiger partial charge in [-0.2, -0.15) is 0 Å². The lowest BCUT2D eigenvalue weighted by molar-refractivity contribution is -0.154. The van der Waals surface area contributed by atoms with Gasteiger partial charge in [-0.15, -0.1) is 11.8 Å². The molecule has 6 rings (SSSR count). The molecule has 3 atom stereocenters. The Kier molecular flexibility index (Phi) is 10.8. The monoisotopic (exact) mass is 739 g/mol. The third-order valence-corrected chi connectivity index (χ3v) is 10.3. The van der Waals surface area contributed by atoms with Crippen LogP contribution in [0.25, 0.3) is 5.57 Å². The molecule has 2 aliphatic heterocycles. The Morgan fingerprint density at radius 1 is 0.885 bits per heavy atom. The van der Waals surface area contributed by atoms with Crippen molar-refractivity contribution in [2.24, 2.45) is 0 Å². The van der Waals surface area contributed by atoms with E-state index < -0.39 is 53.0 Å². The van der Waals surface area contributed by atoms with Gasteiger partial charge in [-0.25, -0.2) is 14.6 Å². The van der Waals surface area contributed by atoms with Crippen LogP contribution in [-0.4, -0.2) is 62.4 Å². The number of carbonyl (C=O) groups is 5. The molecular formula is C38H37N5O7S2. The number of benzene rings is 3. The normalized spacial score (nSPS) is 17.4. The highest BCUT2D eigenvalue weighted by atomic mass is 32.2. The second-order valence-electron chi connectivity index (χ2n) is 13.0. The SMILES string of the molecule is CC(=O)Nc1ncc(C2=C(C(=O)OC(c3ccccc3)c3ccccc3)N3C(=O)C(NC(=O)C(NC(=O)OC(C)(C)C)c4ccccc4)C3SC2)s1. The van der Waals surface area contributed by atoms with Gasteiger partial charge in [-0.3, -0.25) is 19.3 Å². The van der Waals surface area contributed by atoms with Crippen LogP contribution in [-0.2, 0) is 28.7 Å². The molecule has 0 radical (unpaired) electrons. The molecule has 1 fully saturated rings. The summed E-state index contributed by atoms with van der Waals surface area (Å²) in [7, 11) is 0. The van der Waals surface area contributed by atoms with E-state index in [1.54, 1.807) is 57.3 Å². The molecule has 0 saturated carbocycles. The van der Waals surface area contributed by atoms with Gasteiger partial charge < -0.3 is 25.4 Å². The fourth-order valence-electron chi connectivity index (χ4n) is 5.77. The zero-order valence-electron chi connectivity index (χ0n) is 28.8. The van der Waals surface area contributed by atoms with Gasteiger partial charge in [0.25, 0.3) is 5.91 Å². The smallest absolute Gasteiger partial charge is 0.408 e. The van der Waals surface area contributed by atoms with Gasteiger partial charge >= 0.3 is 12.1 Å². The number of β-lactam (4-membered cyclic amide) rings is 1. The van der Waals surface area contributed by atoms with E-state index in [4.69, 9.17) is 9.47 Å². The predicted octanol–water partition coefficient (Wildman–Crippen LogP) is 5.81.